The van der Waals surface area contributed by atoms with Crippen LogP contribution in [-0.4, -0.2) is 78.1 Å². The molecule has 4 fully saturated rings. The summed E-state index contributed by atoms with van der Waals surface area (Å²) in [6.45, 7) is 7.93. The quantitative estimate of drug-likeness (QED) is 0.768. The molecule has 3 aliphatic heterocycles. The summed E-state index contributed by atoms with van der Waals surface area (Å²) in [5, 5.41) is 0. The van der Waals surface area contributed by atoms with Crippen molar-refractivity contribution in [1.82, 2.24) is 14.7 Å². The summed E-state index contributed by atoms with van der Waals surface area (Å²) in [5.74, 6) is 1.80. The van der Waals surface area contributed by atoms with E-state index in [0.29, 0.717) is 35.9 Å². The fourth-order valence-electron chi connectivity index (χ4n) is 6.02. The second-order valence-electron chi connectivity index (χ2n) is 8.56. The second kappa shape index (κ2) is 7.02. The van der Waals surface area contributed by atoms with E-state index < -0.39 is 0 Å². The maximum absolute atomic E-state index is 12.6. The van der Waals surface area contributed by atoms with Gasteiger partial charge < -0.3 is 14.5 Å². The van der Waals surface area contributed by atoms with E-state index >= 15 is 0 Å². The van der Waals surface area contributed by atoms with Gasteiger partial charge in [-0.3, -0.25) is 9.69 Å². The Morgan fingerprint density at radius 2 is 1.58 bits per heavy atom. The predicted octanol–water partition coefficient (Wildman–Crippen LogP) is 2.18. The minimum Gasteiger partial charge on any atom is -0.453 e. The van der Waals surface area contributed by atoms with Gasteiger partial charge in [-0.25, -0.2) is 4.79 Å². The first-order chi connectivity index (χ1) is 12.6. The van der Waals surface area contributed by atoms with Crippen LogP contribution in [0.2, 0.25) is 0 Å². The molecule has 1 aliphatic carbocycles. The molecular weight excluding hydrogens is 330 g/mol. The lowest BCUT2D eigenvalue weighted by Crippen LogP contribution is -2.58. The summed E-state index contributed by atoms with van der Waals surface area (Å²) in [7, 11) is 1.49. The molecule has 6 heteroatoms. The Balaban J connectivity index is 1.35. The normalized spacial score (nSPS) is 38.7. The third kappa shape index (κ3) is 2.90. The van der Waals surface area contributed by atoms with E-state index in [-0.39, 0.29) is 12.0 Å². The van der Waals surface area contributed by atoms with E-state index in [0.717, 1.165) is 51.9 Å². The van der Waals surface area contributed by atoms with E-state index in [2.05, 4.69) is 18.7 Å². The third-order valence-electron chi connectivity index (χ3n) is 7.43. The van der Waals surface area contributed by atoms with Crippen molar-refractivity contribution >= 4 is 12.0 Å². The number of hydrogen-bond acceptors (Lipinski definition) is 4. The number of rotatable bonds is 4. The molecule has 3 heterocycles. The average molecular weight is 364 g/mol. The summed E-state index contributed by atoms with van der Waals surface area (Å²) in [6, 6.07) is 1.25. The average Bonchev–Trinajstić information content (AvgIpc) is 3.14. The molecule has 4 atom stereocenters. The van der Waals surface area contributed by atoms with Crippen molar-refractivity contribution in [2.45, 2.75) is 64.1 Å². The fourth-order valence-corrected chi connectivity index (χ4v) is 6.02. The van der Waals surface area contributed by atoms with E-state index in [9.17, 15) is 9.59 Å². The zero-order valence-corrected chi connectivity index (χ0v) is 16.4. The highest BCUT2D eigenvalue weighted by Gasteiger charge is 2.61. The summed E-state index contributed by atoms with van der Waals surface area (Å²) < 4.78 is 5.03. The molecule has 4 rings (SSSR count). The van der Waals surface area contributed by atoms with Crippen LogP contribution in [0.4, 0.5) is 4.79 Å². The zero-order chi connectivity index (χ0) is 18.4. The van der Waals surface area contributed by atoms with Crippen LogP contribution in [0.5, 0.6) is 0 Å². The van der Waals surface area contributed by atoms with Crippen molar-refractivity contribution in [1.29, 1.82) is 0 Å². The van der Waals surface area contributed by atoms with E-state index in [1.807, 2.05) is 9.80 Å². The second-order valence-corrected chi connectivity index (χ2v) is 8.56. The summed E-state index contributed by atoms with van der Waals surface area (Å²) in [6.07, 6.45) is 5.42. The molecule has 0 aromatic heterocycles. The molecule has 6 nitrogen and oxygen atoms in total. The van der Waals surface area contributed by atoms with Crippen LogP contribution in [0.15, 0.2) is 0 Å². The molecule has 146 valence electrons. The van der Waals surface area contributed by atoms with Gasteiger partial charge in [-0.05, 0) is 57.8 Å². The first kappa shape index (κ1) is 18.1. The van der Waals surface area contributed by atoms with E-state index in [1.165, 1.54) is 13.5 Å². The van der Waals surface area contributed by atoms with Gasteiger partial charge in [0.15, 0.2) is 0 Å². The number of amides is 2. The van der Waals surface area contributed by atoms with Gasteiger partial charge in [0.1, 0.15) is 0 Å². The van der Waals surface area contributed by atoms with Gasteiger partial charge in [0, 0.05) is 50.2 Å². The number of nitrogens with zero attached hydrogens (tertiary/aromatic N) is 3. The highest BCUT2D eigenvalue weighted by molar-refractivity contribution is 5.82. The largest absolute Gasteiger partial charge is 0.453 e. The van der Waals surface area contributed by atoms with Crippen LogP contribution in [0.25, 0.3) is 0 Å². The fraction of sp³-hybridized carbons (Fsp3) is 0.900. The molecule has 2 bridgehead atoms. The van der Waals surface area contributed by atoms with Crippen molar-refractivity contribution in [2.75, 3.05) is 33.3 Å². The minimum absolute atomic E-state index is 0.146. The van der Waals surface area contributed by atoms with Crippen LogP contribution in [0.1, 0.15) is 46.0 Å². The van der Waals surface area contributed by atoms with Crippen LogP contribution in [-0.2, 0) is 9.53 Å². The van der Waals surface area contributed by atoms with Gasteiger partial charge in [0.25, 0.3) is 0 Å². The maximum atomic E-state index is 12.6. The molecule has 0 radical (unpaired) electrons. The Hall–Kier alpha value is -1.30. The molecule has 0 aromatic carbocycles. The number of carbonyl (C=O) groups is 2. The Morgan fingerprint density at radius 1 is 1.00 bits per heavy atom. The Kier molecular flexibility index (Phi) is 4.88. The number of piperidine rings is 3. The van der Waals surface area contributed by atoms with E-state index in [1.54, 1.807) is 0 Å². The monoisotopic (exact) mass is 363 g/mol. The van der Waals surface area contributed by atoms with Gasteiger partial charge in [-0.2, -0.15) is 0 Å². The van der Waals surface area contributed by atoms with Crippen LogP contribution in [0.3, 0.4) is 0 Å². The van der Waals surface area contributed by atoms with Gasteiger partial charge in [-0.1, -0.05) is 0 Å². The minimum atomic E-state index is -0.146. The molecule has 4 aliphatic rings. The van der Waals surface area contributed by atoms with Gasteiger partial charge >= 0.3 is 6.09 Å². The van der Waals surface area contributed by atoms with Gasteiger partial charge in [0.05, 0.1) is 7.11 Å². The van der Waals surface area contributed by atoms with Crippen molar-refractivity contribution in [3.05, 3.63) is 0 Å². The lowest BCUT2D eigenvalue weighted by molar-refractivity contribution is -0.133. The number of fused-ring (bicyclic) bond motifs is 3. The Bertz CT molecular complexity index is 539. The highest BCUT2D eigenvalue weighted by Crippen LogP contribution is 2.54. The van der Waals surface area contributed by atoms with E-state index in [4.69, 9.17) is 4.74 Å². The Labute approximate surface area is 156 Å². The number of carbonyl (C=O) groups excluding carboxylic acids is 2. The topological polar surface area (TPSA) is 53.1 Å². The molecule has 3 saturated heterocycles. The molecular formula is C20H33N3O3. The number of ether oxygens (including phenoxy) is 1. The third-order valence-corrected chi connectivity index (χ3v) is 7.43. The van der Waals surface area contributed by atoms with Crippen LogP contribution in [0, 0.1) is 17.8 Å². The van der Waals surface area contributed by atoms with Crippen LogP contribution < -0.4 is 0 Å². The lowest BCUT2D eigenvalue weighted by Gasteiger charge is -2.50. The highest BCUT2D eigenvalue weighted by atomic mass is 16.5. The number of hydrogen-bond donors (Lipinski definition) is 0. The molecule has 4 unspecified atom stereocenters. The first-order valence-electron chi connectivity index (χ1n) is 10.5. The smallest absolute Gasteiger partial charge is 0.409 e. The van der Waals surface area contributed by atoms with Crippen molar-refractivity contribution in [3.8, 4) is 0 Å². The van der Waals surface area contributed by atoms with Crippen molar-refractivity contribution in [3.63, 3.8) is 0 Å². The molecule has 0 aromatic rings. The van der Waals surface area contributed by atoms with Crippen LogP contribution >= 0.6 is 0 Å². The van der Waals surface area contributed by atoms with Crippen molar-refractivity contribution < 1.29 is 14.3 Å². The molecule has 1 saturated carbocycles. The SMILES string of the molecule is CCN(CC)C(=O)C1C2CN(C3CC4CCCC(C3)N4C(=O)OC)CC21. The summed E-state index contributed by atoms with van der Waals surface area (Å²) in [4.78, 5) is 31.4. The summed E-state index contributed by atoms with van der Waals surface area (Å²) in [5.41, 5.74) is 0. The molecule has 26 heavy (non-hydrogen) atoms. The summed E-state index contributed by atoms with van der Waals surface area (Å²) >= 11 is 0. The maximum Gasteiger partial charge on any atom is 0.409 e. The zero-order valence-electron chi connectivity index (χ0n) is 16.4. The van der Waals surface area contributed by atoms with Crippen molar-refractivity contribution in [2.24, 2.45) is 17.8 Å². The molecule has 0 N–H and O–H groups in total. The standard InChI is InChI=1S/C20H33N3O3/c1-4-21(5-2)19(24)18-16-11-22(12-17(16)18)15-9-13-7-6-8-14(10-15)23(13)20(25)26-3/h13-18H,4-12H2,1-3H3. The molecule has 2 amide bonds. The number of methoxy groups -OCH3 is 1. The Morgan fingerprint density at radius 3 is 2.08 bits per heavy atom. The number of likely N-dealkylation sites (tertiary alicyclic amines) is 1. The first-order valence-corrected chi connectivity index (χ1v) is 10.5. The van der Waals surface area contributed by atoms with Gasteiger partial charge in [0.2, 0.25) is 5.91 Å². The van der Waals surface area contributed by atoms with Gasteiger partial charge in [-0.15, -0.1) is 0 Å². The predicted molar refractivity (Wildman–Crippen MR) is 98.7 cm³/mol. The lowest BCUT2D eigenvalue weighted by atomic mass is 9.81. The molecule has 0 spiro atoms.